The van der Waals surface area contributed by atoms with E-state index in [2.05, 4.69) is 5.32 Å². The number of likely N-dealkylation sites (tertiary alicyclic amines) is 1. The zero-order chi connectivity index (χ0) is 15.4. The molecule has 1 fully saturated rings. The lowest BCUT2D eigenvalue weighted by Gasteiger charge is -2.30. The molecule has 0 saturated carbocycles. The summed E-state index contributed by atoms with van der Waals surface area (Å²) in [6.07, 6.45) is 1.21. The van der Waals surface area contributed by atoms with Crippen molar-refractivity contribution in [3.05, 3.63) is 34.4 Å². The highest BCUT2D eigenvalue weighted by Gasteiger charge is 2.28. The zero-order valence-electron chi connectivity index (χ0n) is 11.2. The maximum atomic E-state index is 12.0. The van der Waals surface area contributed by atoms with Gasteiger partial charge in [-0.25, -0.2) is 4.79 Å². The summed E-state index contributed by atoms with van der Waals surface area (Å²) < 4.78 is 0. The predicted octanol–water partition coefficient (Wildman–Crippen LogP) is 1.92. The number of carbonyl (C=O) groups is 2. The lowest BCUT2D eigenvalue weighted by molar-refractivity contribution is -0.384. The molecule has 8 heteroatoms. The lowest BCUT2D eigenvalue weighted by Crippen LogP contribution is -2.44. The number of non-ortho nitro benzene ring substituents is 1. The highest BCUT2D eigenvalue weighted by molar-refractivity contribution is 5.89. The van der Waals surface area contributed by atoms with Gasteiger partial charge in [-0.05, 0) is 25.0 Å². The molecule has 1 saturated heterocycles. The summed E-state index contributed by atoms with van der Waals surface area (Å²) in [5.41, 5.74) is 0.375. The topological polar surface area (TPSA) is 113 Å². The van der Waals surface area contributed by atoms with E-state index in [1.807, 2.05) is 0 Å². The standard InChI is InChI=1S/C13H15N3O5/c17-12(18)9-2-1-7-15(8-9)13(19)14-10-3-5-11(6-4-10)16(20)21/h3-6,9H,1-2,7-8H2,(H,14,19)(H,17,18)/t9-/m0/s1. The third-order valence-electron chi connectivity index (χ3n) is 3.39. The van der Waals surface area contributed by atoms with Gasteiger partial charge in [0.15, 0.2) is 0 Å². The summed E-state index contributed by atoms with van der Waals surface area (Å²) in [7, 11) is 0. The van der Waals surface area contributed by atoms with Crippen molar-refractivity contribution in [3.8, 4) is 0 Å². The molecule has 0 aromatic heterocycles. The number of nitro groups is 1. The summed E-state index contributed by atoms with van der Waals surface area (Å²) in [5.74, 6) is -1.44. The third-order valence-corrected chi connectivity index (χ3v) is 3.39. The molecule has 0 spiro atoms. The number of nitro benzene ring substituents is 1. The number of anilines is 1. The number of rotatable bonds is 3. The second kappa shape index (κ2) is 6.21. The molecule has 0 bridgehead atoms. The molecule has 21 heavy (non-hydrogen) atoms. The van der Waals surface area contributed by atoms with Gasteiger partial charge in [-0.3, -0.25) is 14.9 Å². The first kappa shape index (κ1) is 14.8. The van der Waals surface area contributed by atoms with E-state index in [1.54, 1.807) is 0 Å². The number of hydrogen-bond acceptors (Lipinski definition) is 4. The number of piperidine rings is 1. The van der Waals surface area contributed by atoms with Gasteiger partial charge in [-0.1, -0.05) is 0 Å². The molecule has 1 aromatic carbocycles. The maximum Gasteiger partial charge on any atom is 0.321 e. The summed E-state index contributed by atoms with van der Waals surface area (Å²) >= 11 is 0. The molecule has 1 atom stereocenters. The van der Waals surface area contributed by atoms with Crippen LogP contribution in [0.5, 0.6) is 0 Å². The van der Waals surface area contributed by atoms with Crippen molar-refractivity contribution in [1.82, 2.24) is 4.90 Å². The smallest absolute Gasteiger partial charge is 0.321 e. The molecule has 1 aliphatic heterocycles. The van der Waals surface area contributed by atoms with Crippen LogP contribution in [0.4, 0.5) is 16.2 Å². The number of nitrogens with one attached hydrogen (secondary N) is 1. The van der Waals surface area contributed by atoms with E-state index in [-0.39, 0.29) is 12.2 Å². The van der Waals surface area contributed by atoms with Crippen LogP contribution in [0.25, 0.3) is 0 Å². The minimum absolute atomic E-state index is 0.0584. The molecular formula is C13H15N3O5. The van der Waals surface area contributed by atoms with E-state index < -0.39 is 22.8 Å². The predicted molar refractivity (Wildman–Crippen MR) is 74.0 cm³/mol. The molecule has 1 aromatic rings. The molecule has 2 amide bonds. The Morgan fingerprint density at radius 3 is 2.57 bits per heavy atom. The van der Waals surface area contributed by atoms with E-state index >= 15 is 0 Å². The largest absolute Gasteiger partial charge is 0.481 e. The van der Waals surface area contributed by atoms with Crippen LogP contribution in [0.2, 0.25) is 0 Å². The Hall–Kier alpha value is -2.64. The summed E-state index contributed by atoms with van der Waals surface area (Å²) in [5, 5.41) is 22.1. The fourth-order valence-electron chi connectivity index (χ4n) is 2.23. The number of hydrogen-bond donors (Lipinski definition) is 2. The number of amides is 2. The first-order valence-corrected chi connectivity index (χ1v) is 6.50. The summed E-state index contributed by atoms with van der Waals surface area (Å²) in [4.78, 5) is 34.5. The minimum Gasteiger partial charge on any atom is -0.481 e. The Morgan fingerprint density at radius 2 is 2.00 bits per heavy atom. The number of nitrogens with zero attached hydrogens (tertiary/aromatic N) is 2. The van der Waals surface area contributed by atoms with Crippen molar-refractivity contribution in [3.63, 3.8) is 0 Å². The monoisotopic (exact) mass is 293 g/mol. The third kappa shape index (κ3) is 3.68. The van der Waals surface area contributed by atoms with Crippen LogP contribution < -0.4 is 5.32 Å². The van der Waals surface area contributed by atoms with Crippen molar-refractivity contribution in [2.45, 2.75) is 12.8 Å². The molecule has 2 rings (SSSR count). The lowest BCUT2D eigenvalue weighted by atomic mass is 9.99. The zero-order valence-corrected chi connectivity index (χ0v) is 11.2. The SMILES string of the molecule is O=C(O)[C@H]1CCCN(C(=O)Nc2ccc([N+](=O)[O-])cc2)C1. The van der Waals surface area contributed by atoms with Gasteiger partial charge in [0.25, 0.3) is 5.69 Å². The summed E-state index contributed by atoms with van der Waals surface area (Å²) in [6.45, 7) is 0.677. The Labute approximate surface area is 120 Å². The van der Waals surface area contributed by atoms with Crippen LogP contribution in [0, 0.1) is 16.0 Å². The van der Waals surface area contributed by atoms with E-state index in [1.165, 1.54) is 29.2 Å². The number of urea groups is 1. The number of aliphatic carboxylic acids is 1. The van der Waals surface area contributed by atoms with Gasteiger partial charge >= 0.3 is 12.0 Å². The minimum atomic E-state index is -0.900. The first-order chi connectivity index (χ1) is 9.97. The number of carboxylic acid groups (broad SMARTS) is 1. The fraction of sp³-hybridized carbons (Fsp3) is 0.385. The molecule has 8 nitrogen and oxygen atoms in total. The Morgan fingerprint density at radius 1 is 1.33 bits per heavy atom. The van der Waals surface area contributed by atoms with Gasteiger partial charge in [0.1, 0.15) is 0 Å². The normalized spacial score (nSPS) is 18.1. The van der Waals surface area contributed by atoms with Gasteiger partial charge < -0.3 is 15.3 Å². The van der Waals surface area contributed by atoms with Crippen molar-refractivity contribution in [2.75, 3.05) is 18.4 Å². The molecular weight excluding hydrogens is 278 g/mol. The van der Waals surface area contributed by atoms with Gasteiger partial charge in [-0.15, -0.1) is 0 Å². The van der Waals surface area contributed by atoms with Crippen LogP contribution in [-0.2, 0) is 4.79 Å². The van der Waals surface area contributed by atoms with Crippen LogP contribution >= 0.6 is 0 Å². The average molecular weight is 293 g/mol. The maximum absolute atomic E-state index is 12.0. The Bertz CT molecular complexity index is 557. The molecule has 2 N–H and O–H groups in total. The van der Waals surface area contributed by atoms with E-state index in [0.29, 0.717) is 25.1 Å². The number of carboxylic acids is 1. The molecule has 0 aliphatic carbocycles. The Kier molecular flexibility index (Phi) is 4.36. The van der Waals surface area contributed by atoms with Crippen LogP contribution in [0.1, 0.15) is 12.8 Å². The molecule has 1 aliphatic rings. The highest BCUT2D eigenvalue weighted by atomic mass is 16.6. The first-order valence-electron chi connectivity index (χ1n) is 6.50. The van der Waals surface area contributed by atoms with E-state index in [0.717, 1.165) is 0 Å². The van der Waals surface area contributed by atoms with Crippen molar-refractivity contribution in [2.24, 2.45) is 5.92 Å². The van der Waals surface area contributed by atoms with Crippen LogP contribution in [0.15, 0.2) is 24.3 Å². The number of carbonyl (C=O) groups excluding carboxylic acids is 1. The molecule has 0 radical (unpaired) electrons. The quantitative estimate of drug-likeness (QED) is 0.653. The van der Waals surface area contributed by atoms with E-state index in [9.17, 15) is 19.7 Å². The van der Waals surface area contributed by atoms with Crippen molar-refractivity contribution >= 4 is 23.4 Å². The van der Waals surface area contributed by atoms with Crippen molar-refractivity contribution in [1.29, 1.82) is 0 Å². The second-order valence-electron chi connectivity index (χ2n) is 4.86. The van der Waals surface area contributed by atoms with Gasteiger partial charge in [0.05, 0.1) is 10.8 Å². The molecule has 0 unspecified atom stereocenters. The van der Waals surface area contributed by atoms with Gasteiger partial charge in [0, 0.05) is 30.9 Å². The van der Waals surface area contributed by atoms with Crippen LogP contribution in [-0.4, -0.2) is 40.0 Å². The van der Waals surface area contributed by atoms with Gasteiger partial charge in [0.2, 0.25) is 0 Å². The molecule has 1 heterocycles. The highest BCUT2D eigenvalue weighted by Crippen LogP contribution is 2.19. The second-order valence-corrected chi connectivity index (χ2v) is 4.86. The fourth-order valence-corrected chi connectivity index (χ4v) is 2.23. The Balaban J connectivity index is 1.97. The average Bonchev–Trinajstić information content (AvgIpc) is 2.48. The summed E-state index contributed by atoms with van der Waals surface area (Å²) in [6, 6.07) is 5.08. The molecule has 112 valence electrons. The van der Waals surface area contributed by atoms with Crippen molar-refractivity contribution < 1.29 is 19.6 Å². The van der Waals surface area contributed by atoms with Gasteiger partial charge in [-0.2, -0.15) is 0 Å². The number of benzene rings is 1. The van der Waals surface area contributed by atoms with Crippen LogP contribution in [0.3, 0.4) is 0 Å². The van der Waals surface area contributed by atoms with E-state index in [4.69, 9.17) is 5.11 Å².